The van der Waals surface area contributed by atoms with E-state index in [0.717, 1.165) is 36.8 Å². The molecule has 1 aromatic carbocycles. The third-order valence-electron chi connectivity index (χ3n) is 7.58. The molecule has 1 amide bonds. The first-order chi connectivity index (χ1) is 19.3. The van der Waals surface area contributed by atoms with Crippen LogP contribution in [-0.2, 0) is 11.2 Å². The second-order valence-corrected chi connectivity index (χ2v) is 12.2. The van der Waals surface area contributed by atoms with Gasteiger partial charge in [0.05, 0.1) is 24.7 Å². The molecule has 1 N–H and O–H groups in total. The Morgan fingerprint density at radius 2 is 1.85 bits per heavy atom. The Kier molecular flexibility index (Phi) is 8.46. The van der Waals surface area contributed by atoms with Crippen LogP contribution >= 0.6 is 24.0 Å². The number of benzene rings is 1. The normalized spacial score (nSPS) is 20.4. The van der Waals surface area contributed by atoms with Gasteiger partial charge >= 0.3 is 0 Å². The lowest BCUT2D eigenvalue weighted by Gasteiger charge is -2.27. The molecular weight excluding hydrogens is 544 g/mol. The van der Waals surface area contributed by atoms with Crippen LogP contribution in [0.2, 0.25) is 0 Å². The molecule has 0 unspecified atom stereocenters. The number of carbonyl (C=O) groups is 1. The highest BCUT2D eigenvalue weighted by Crippen LogP contribution is 2.34. The number of methoxy groups -OCH3 is 2. The number of thioether (sulfide) groups is 1. The molecule has 8 nitrogen and oxygen atoms in total. The fourth-order valence-electron chi connectivity index (χ4n) is 5.20. The number of aryl methyl sites for hydroxylation is 1. The molecule has 10 heteroatoms. The molecule has 2 aromatic heterocycles. The Hall–Kier alpha value is -3.37. The van der Waals surface area contributed by atoms with Crippen molar-refractivity contribution in [1.82, 2.24) is 14.3 Å². The van der Waals surface area contributed by atoms with E-state index in [-0.39, 0.29) is 17.5 Å². The van der Waals surface area contributed by atoms with Crippen LogP contribution in [-0.4, -0.2) is 51.3 Å². The fraction of sp³-hybridized carbons (Fsp3) is 0.400. The Morgan fingerprint density at radius 1 is 1.10 bits per heavy atom. The first kappa shape index (κ1) is 28.2. The summed E-state index contributed by atoms with van der Waals surface area (Å²) in [5.74, 6) is 2.30. The zero-order valence-electron chi connectivity index (χ0n) is 23.2. The van der Waals surface area contributed by atoms with Crippen molar-refractivity contribution in [2.24, 2.45) is 5.92 Å². The van der Waals surface area contributed by atoms with E-state index in [1.807, 2.05) is 37.3 Å². The predicted octanol–water partition coefficient (Wildman–Crippen LogP) is 5.45. The van der Waals surface area contributed by atoms with E-state index in [9.17, 15) is 9.59 Å². The second kappa shape index (κ2) is 12.0. The predicted molar refractivity (Wildman–Crippen MR) is 164 cm³/mol. The SMILES string of the molecule is COc1ccc(CCN2C(=O)C(=Cc3c(NC4CCC(C)CC4)nc4ccc(C)cn4c3=O)SC2=S)cc1OC. The quantitative estimate of drug-likeness (QED) is 0.279. The molecule has 1 saturated heterocycles. The molecule has 0 radical (unpaired) electrons. The number of thiocarbonyl (C=S) groups is 1. The molecule has 3 heterocycles. The van der Waals surface area contributed by atoms with Crippen molar-refractivity contribution in [1.29, 1.82) is 0 Å². The molecule has 2 fully saturated rings. The Morgan fingerprint density at radius 3 is 2.58 bits per heavy atom. The summed E-state index contributed by atoms with van der Waals surface area (Å²) in [4.78, 5) is 34.0. The van der Waals surface area contributed by atoms with E-state index in [1.165, 1.54) is 11.8 Å². The number of rotatable bonds is 8. The Labute approximate surface area is 243 Å². The third kappa shape index (κ3) is 5.88. The van der Waals surface area contributed by atoms with E-state index >= 15 is 0 Å². The topological polar surface area (TPSA) is 85.2 Å². The lowest BCUT2D eigenvalue weighted by Crippen LogP contribution is -2.30. The summed E-state index contributed by atoms with van der Waals surface area (Å²) >= 11 is 6.80. The van der Waals surface area contributed by atoms with E-state index in [1.54, 1.807) is 35.8 Å². The second-order valence-electron chi connectivity index (χ2n) is 10.5. The smallest absolute Gasteiger partial charge is 0.267 e. The van der Waals surface area contributed by atoms with Gasteiger partial charge in [0.2, 0.25) is 0 Å². The molecular formula is C30H34N4O4S2. The van der Waals surface area contributed by atoms with E-state index in [2.05, 4.69) is 12.2 Å². The fourth-order valence-corrected chi connectivity index (χ4v) is 6.49. The van der Waals surface area contributed by atoms with Crippen LogP contribution in [0.1, 0.15) is 49.3 Å². The lowest BCUT2D eigenvalue weighted by atomic mass is 9.87. The van der Waals surface area contributed by atoms with Crippen molar-refractivity contribution in [3.63, 3.8) is 0 Å². The molecule has 1 aliphatic carbocycles. The maximum atomic E-state index is 13.7. The van der Waals surface area contributed by atoms with Crippen molar-refractivity contribution in [3.05, 3.63) is 68.5 Å². The number of aromatic nitrogens is 2. The van der Waals surface area contributed by atoms with Gasteiger partial charge in [-0.25, -0.2) is 4.98 Å². The summed E-state index contributed by atoms with van der Waals surface area (Å²) in [6.07, 6.45) is 8.35. The number of hydrogen-bond acceptors (Lipinski definition) is 8. The summed E-state index contributed by atoms with van der Waals surface area (Å²) in [6.45, 7) is 4.62. The molecule has 1 aliphatic heterocycles. The first-order valence-corrected chi connectivity index (χ1v) is 14.8. The summed E-state index contributed by atoms with van der Waals surface area (Å²) < 4.78 is 12.7. The summed E-state index contributed by atoms with van der Waals surface area (Å²) in [6, 6.07) is 9.72. The summed E-state index contributed by atoms with van der Waals surface area (Å²) in [5.41, 5.74) is 2.68. The third-order valence-corrected chi connectivity index (χ3v) is 8.96. The van der Waals surface area contributed by atoms with Crippen LogP contribution in [0.25, 0.3) is 11.7 Å². The maximum absolute atomic E-state index is 13.7. The highest BCUT2D eigenvalue weighted by atomic mass is 32.2. The molecule has 210 valence electrons. The van der Waals surface area contributed by atoms with Crippen LogP contribution < -0.4 is 20.3 Å². The minimum absolute atomic E-state index is 0.207. The number of nitrogens with zero attached hydrogens (tertiary/aromatic N) is 3. The van der Waals surface area contributed by atoms with Gasteiger partial charge in [0.25, 0.3) is 11.5 Å². The highest BCUT2D eigenvalue weighted by Gasteiger charge is 2.32. The zero-order valence-corrected chi connectivity index (χ0v) is 24.9. The molecule has 0 atom stereocenters. The zero-order chi connectivity index (χ0) is 28.4. The number of fused-ring (bicyclic) bond motifs is 1. The van der Waals surface area contributed by atoms with Gasteiger partial charge in [-0.3, -0.25) is 18.9 Å². The largest absolute Gasteiger partial charge is 0.493 e. The molecule has 1 saturated carbocycles. The van der Waals surface area contributed by atoms with E-state index in [4.69, 9.17) is 26.7 Å². The number of pyridine rings is 1. The van der Waals surface area contributed by atoms with Crippen molar-refractivity contribution in [2.45, 2.75) is 52.0 Å². The molecule has 0 spiro atoms. The molecule has 40 heavy (non-hydrogen) atoms. The van der Waals surface area contributed by atoms with Crippen molar-refractivity contribution < 1.29 is 14.3 Å². The Balaban J connectivity index is 1.43. The van der Waals surface area contributed by atoms with Crippen LogP contribution in [0.15, 0.2) is 46.2 Å². The van der Waals surface area contributed by atoms with Crippen molar-refractivity contribution >= 4 is 51.7 Å². The van der Waals surface area contributed by atoms with Gasteiger partial charge in [-0.1, -0.05) is 43.0 Å². The molecule has 2 aliphatic rings. The minimum atomic E-state index is -0.212. The van der Waals surface area contributed by atoms with Crippen LogP contribution in [0.5, 0.6) is 11.5 Å². The Bertz CT molecular complexity index is 1540. The summed E-state index contributed by atoms with van der Waals surface area (Å²) in [5, 5.41) is 3.54. The van der Waals surface area contributed by atoms with Crippen LogP contribution in [0, 0.1) is 12.8 Å². The molecule has 5 rings (SSSR count). The van der Waals surface area contributed by atoms with Gasteiger partial charge in [0, 0.05) is 18.8 Å². The maximum Gasteiger partial charge on any atom is 0.267 e. The lowest BCUT2D eigenvalue weighted by molar-refractivity contribution is -0.122. The highest BCUT2D eigenvalue weighted by molar-refractivity contribution is 8.26. The number of nitrogens with one attached hydrogen (secondary N) is 1. The average Bonchev–Trinajstić information content (AvgIpc) is 3.22. The van der Waals surface area contributed by atoms with Crippen molar-refractivity contribution in [3.8, 4) is 11.5 Å². The average molecular weight is 579 g/mol. The number of hydrogen-bond donors (Lipinski definition) is 1. The molecule has 0 bridgehead atoms. The standard InChI is InChI=1S/C30H34N4O4S2/c1-18-5-9-21(10-6-18)31-27-22(28(35)34-17-19(2)7-12-26(34)32-27)16-25-29(36)33(30(39)40-25)14-13-20-8-11-23(37-3)24(15-20)38-4/h7-8,11-12,15-18,21,31H,5-6,9-10,13-14H2,1-4H3. The first-order valence-electron chi connectivity index (χ1n) is 13.5. The van der Waals surface area contributed by atoms with E-state index in [0.29, 0.717) is 56.6 Å². The van der Waals surface area contributed by atoms with Crippen molar-refractivity contribution in [2.75, 3.05) is 26.1 Å². The molecule has 3 aromatic rings. The number of anilines is 1. The van der Waals surface area contributed by atoms with Gasteiger partial charge in [-0.05, 0) is 80.3 Å². The van der Waals surface area contributed by atoms with Gasteiger partial charge in [-0.2, -0.15) is 0 Å². The van der Waals surface area contributed by atoms with Crippen LogP contribution in [0.4, 0.5) is 5.82 Å². The van der Waals surface area contributed by atoms with Gasteiger partial charge < -0.3 is 14.8 Å². The van der Waals surface area contributed by atoms with Gasteiger partial charge in [0.1, 0.15) is 15.8 Å². The van der Waals surface area contributed by atoms with Crippen LogP contribution in [0.3, 0.4) is 0 Å². The van der Waals surface area contributed by atoms with Gasteiger partial charge in [-0.15, -0.1) is 0 Å². The van der Waals surface area contributed by atoms with Gasteiger partial charge in [0.15, 0.2) is 11.5 Å². The summed E-state index contributed by atoms with van der Waals surface area (Å²) in [7, 11) is 3.19. The number of carbonyl (C=O) groups excluding carboxylic acids is 1. The monoisotopic (exact) mass is 578 g/mol. The van der Waals surface area contributed by atoms with E-state index < -0.39 is 0 Å². The minimum Gasteiger partial charge on any atom is -0.493 e. The number of amides is 1. The number of ether oxygens (including phenoxy) is 2.